The molecule has 162 valence electrons. The standard InChI is InChI=1S/C20H34O8/c1-3-9-16(28-20(26)13-8-6-11-18(23)24)15(4-2)14-27-19(25)12-7-5-10-17(21)22/h15-16H,3-14H2,1-2H3,(H,21,22)(H,23,24). The highest BCUT2D eigenvalue weighted by atomic mass is 16.6. The van der Waals surface area contributed by atoms with Gasteiger partial charge >= 0.3 is 23.9 Å². The molecule has 0 rings (SSSR count). The number of aliphatic carboxylic acids is 2. The Morgan fingerprint density at radius 1 is 0.786 bits per heavy atom. The molecule has 0 aliphatic carbocycles. The Hall–Kier alpha value is -2.12. The molecule has 0 spiro atoms. The van der Waals surface area contributed by atoms with Gasteiger partial charge in [-0.15, -0.1) is 0 Å². The molecule has 0 aromatic carbocycles. The minimum atomic E-state index is -0.883. The van der Waals surface area contributed by atoms with E-state index in [2.05, 4.69) is 0 Å². The van der Waals surface area contributed by atoms with Crippen LogP contribution in [0.5, 0.6) is 0 Å². The van der Waals surface area contributed by atoms with Gasteiger partial charge in [0.15, 0.2) is 0 Å². The summed E-state index contributed by atoms with van der Waals surface area (Å²) in [5.74, 6) is -2.60. The van der Waals surface area contributed by atoms with Crippen molar-refractivity contribution >= 4 is 23.9 Å². The Kier molecular flexibility index (Phi) is 14.7. The van der Waals surface area contributed by atoms with Crippen molar-refractivity contribution in [2.24, 2.45) is 5.92 Å². The normalized spacial score (nSPS) is 12.8. The Balaban J connectivity index is 4.34. The quantitative estimate of drug-likeness (QED) is 0.279. The van der Waals surface area contributed by atoms with E-state index in [1.165, 1.54) is 0 Å². The van der Waals surface area contributed by atoms with Crippen molar-refractivity contribution in [1.29, 1.82) is 0 Å². The molecule has 28 heavy (non-hydrogen) atoms. The number of carboxylic acid groups (broad SMARTS) is 2. The molecule has 0 fully saturated rings. The second kappa shape index (κ2) is 15.9. The van der Waals surface area contributed by atoms with Gasteiger partial charge in [0.2, 0.25) is 0 Å². The Morgan fingerprint density at radius 2 is 1.29 bits per heavy atom. The summed E-state index contributed by atoms with van der Waals surface area (Å²) in [6.45, 7) is 4.08. The van der Waals surface area contributed by atoms with Gasteiger partial charge in [0.25, 0.3) is 0 Å². The number of esters is 2. The fourth-order valence-corrected chi connectivity index (χ4v) is 2.75. The number of ether oxygens (including phenoxy) is 2. The number of hydrogen-bond acceptors (Lipinski definition) is 6. The van der Waals surface area contributed by atoms with Crippen LogP contribution in [-0.4, -0.2) is 46.8 Å². The minimum Gasteiger partial charge on any atom is -0.481 e. The van der Waals surface area contributed by atoms with E-state index >= 15 is 0 Å². The van der Waals surface area contributed by atoms with Gasteiger partial charge in [-0.3, -0.25) is 19.2 Å². The molecular formula is C20H34O8. The predicted molar refractivity (Wildman–Crippen MR) is 102 cm³/mol. The molecule has 0 bridgehead atoms. The van der Waals surface area contributed by atoms with Crippen molar-refractivity contribution in [1.82, 2.24) is 0 Å². The van der Waals surface area contributed by atoms with Crippen LogP contribution in [0.2, 0.25) is 0 Å². The van der Waals surface area contributed by atoms with Gasteiger partial charge in [-0.1, -0.05) is 20.3 Å². The summed E-state index contributed by atoms with van der Waals surface area (Å²) < 4.78 is 10.9. The third-order valence-electron chi connectivity index (χ3n) is 4.41. The van der Waals surface area contributed by atoms with Crippen LogP contribution in [-0.2, 0) is 28.7 Å². The lowest BCUT2D eigenvalue weighted by atomic mass is 9.96. The molecule has 0 aromatic rings. The van der Waals surface area contributed by atoms with Gasteiger partial charge in [0.05, 0.1) is 6.61 Å². The highest BCUT2D eigenvalue weighted by molar-refractivity contribution is 5.70. The van der Waals surface area contributed by atoms with E-state index in [0.717, 1.165) is 6.42 Å². The average Bonchev–Trinajstić information content (AvgIpc) is 2.62. The van der Waals surface area contributed by atoms with Gasteiger partial charge in [0, 0.05) is 31.6 Å². The smallest absolute Gasteiger partial charge is 0.306 e. The minimum absolute atomic E-state index is 0.0334. The van der Waals surface area contributed by atoms with Gasteiger partial charge < -0.3 is 19.7 Å². The molecule has 8 nitrogen and oxygen atoms in total. The summed E-state index contributed by atoms with van der Waals surface area (Å²) in [6.07, 6.45) is 4.02. The number of carbonyl (C=O) groups excluding carboxylic acids is 2. The fourth-order valence-electron chi connectivity index (χ4n) is 2.75. The lowest BCUT2D eigenvalue weighted by molar-refractivity contribution is -0.156. The van der Waals surface area contributed by atoms with Crippen molar-refractivity contribution in [2.45, 2.75) is 90.6 Å². The zero-order valence-corrected chi connectivity index (χ0v) is 17.0. The molecule has 0 radical (unpaired) electrons. The molecule has 0 aromatic heterocycles. The summed E-state index contributed by atoms with van der Waals surface area (Å²) in [4.78, 5) is 44.8. The number of rotatable bonds is 17. The summed E-state index contributed by atoms with van der Waals surface area (Å²) in [5.41, 5.74) is 0. The van der Waals surface area contributed by atoms with Crippen molar-refractivity contribution in [2.75, 3.05) is 6.61 Å². The summed E-state index contributed by atoms with van der Waals surface area (Å²) >= 11 is 0. The van der Waals surface area contributed by atoms with Crippen LogP contribution in [0.1, 0.15) is 84.5 Å². The molecule has 2 unspecified atom stereocenters. The molecule has 0 heterocycles. The maximum atomic E-state index is 12.0. The molecule has 0 saturated heterocycles. The zero-order valence-electron chi connectivity index (χ0n) is 17.0. The Morgan fingerprint density at radius 3 is 1.75 bits per heavy atom. The SMILES string of the molecule is CCCC(OC(=O)CCCCC(=O)O)C(CC)COC(=O)CCCCC(=O)O. The van der Waals surface area contributed by atoms with E-state index in [9.17, 15) is 19.2 Å². The van der Waals surface area contributed by atoms with Crippen LogP contribution in [0.4, 0.5) is 0 Å². The number of carboxylic acids is 2. The summed E-state index contributed by atoms with van der Waals surface area (Å²) in [6, 6.07) is 0. The molecular weight excluding hydrogens is 368 g/mol. The van der Waals surface area contributed by atoms with Crippen molar-refractivity contribution in [3.63, 3.8) is 0 Å². The average molecular weight is 402 g/mol. The molecule has 2 N–H and O–H groups in total. The number of carbonyl (C=O) groups is 4. The van der Waals surface area contributed by atoms with E-state index in [-0.39, 0.29) is 56.3 Å². The molecule has 8 heteroatoms. The number of unbranched alkanes of at least 4 members (excludes halogenated alkanes) is 2. The molecule has 0 amide bonds. The summed E-state index contributed by atoms with van der Waals surface area (Å²) in [7, 11) is 0. The van der Waals surface area contributed by atoms with Crippen LogP contribution in [0.15, 0.2) is 0 Å². The van der Waals surface area contributed by atoms with E-state index in [1.807, 2.05) is 13.8 Å². The molecule has 0 saturated carbocycles. The number of hydrogen-bond donors (Lipinski definition) is 2. The Labute approximate surface area is 166 Å². The highest BCUT2D eigenvalue weighted by Crippen LogP contribution is 2.20. The van der Waals surface area contributed by atoms with Crippen molar-refractivity contribution < 1.29 is 38.9 Å². The van der Waals surface area contributed by atoms with Crippen molar-refractivity contribution in [3.05, 3.63) is 0 Å². The lowest BCUT2D eigenvalue weighted by Gasteiger charge is -2.26. The van der Waals surface area contributed by atoms with Crippen LogP contribution < -0.4 is 0 Å². The Bertz CT molecular complexity index is 489. The first-order valence-electron chi connectivity index (χ1n) is 10.1. The van der Waals surface area contributed by atoms with Gasteiger partial charge in [-0.05, 0) is 38.5 Å². The van der Waals surface area contributed by atoms with E-state index in [4.69, 9.17) is 19.7 Å². The predicted octanol–water partition coefficient (Wildman–Crippen LogP) is 3.56. The summed E-state index contributed by atoms with van der Waals surface area (Å²) in [5, 5.41) is 17.2. The van der Waals surface area contributed by atoms with Gasteiger partial charge in [0.1, 0.15) is 6.10 Å². The largest absolute Gasteiger partial charge is 0.481 e. The second-order valence-corrected chi connectivity index (χ2v) is 6.87. The first kappa shape index (κ1) is 25.9. The molecule has 0 aliphatic heterocycles. The maximum absolute atomic E-state index is 12.0. The van der Waals surface area contributed by atoms with Crippen LogP contribution in [0, 0.1) is 5.92 Å². The van der Waals surface area contributed by atoms with Crippen LogP contribution in [0.3, 0.4) is 0 Å². The first-order valence-corrected chi connectivity index (χ1v) is 10.1. The fraction of sp³-hybridized carbons (Fsp3) is 0.800. The van der Waals surface area contributed by atoms with E-state index in [0.29, 0.717) is 38.5 Å². The molecule has 0 aliphatic rings. The van der Waals surface area contributed by atoms with Crippen molar-refractivity contribution in [3.8, 4) is 0 Å². The lowest BCUT2D eigenvalue weighted by Crippen LogP contribution is -2.30. The first-order chi connectivity index (χ1) is 13.3. The monoisotopic (exact) mass is 402 g/mol. The van der Waals surface area contributed by atoms with E-state index < -0.39 is 11.9 Å². The highest BCUT2D eigenvalue weighted by Gasteiger charge is 2.24. The molecule has 2 atom stereocenters. The van der Waals surface area contributed by atoms with Gasteiger partial charge in [-0.25, -0.2) is 0 Å². The second-order valence-electron chi connectivity index (χ2n) is 6.87. The topological polar surface area (TPSA) is 127 Å². The third-order valence-corrected chi connectivity index (χ3v) is 4.41. The third kappa shape index (κ3) is 14.0. The zero-order chi connectivity index (χ0) is 21.4. The van der Waals surface area contributed by atoms with Gasteiger partial charge in [-0.2, -0.15) is 0 Å². The van der Waals surface area contributed by atoms with Crippen LogP contribution in [0.25, 0.3) is 0 Å². The maximum Gasteiger partial charge on any atom is 0.306 e. The van der Waals surface area contributed by atoms with Crippen LogP contribution >= 0.6 is 0 Å². The van der Waals surface area contributed by atoms with E-state index in [1.54, 1.807) is 0 Å².